The molecule has 1 atom stereocenters. The van der Waals surface area contributed by atoms with Gasteiger partial charge < -0.3 is 9.80 Å². The minimum Gasteiger partial charge on any atom is -0.325 e. The molecule has 0 spiro atoms. The lowest BCUT2D eigenvalue weighted by molar-refractivity contribution is -0.128. The topological polar surface area (TPSA) is 23.6 Å². The van der Waals surface area contributed by atoms with E-state index in [1.54, 1.807) is 23.1 Å². The summed E-state index contributed by atoms with van der Waals surface area (Å²) in [7, 11) is 0. The fourth-order valence-corrected chi connectivity index (χ4v) is 5.19. The van der Waals surface area contributed by atoms with Crippen LogP contribution in [0.2, 0.25) is 0 Å². The van der Waals surface area contributed by atoms with Gasteiger partial charge in [-0.25, -0.2) is 0 Å². The third-order valence-corrected chi connectivity index (χ3v) is 6.39. The van der Waals surface area contributed by atoms with Crippen molar-refractivity contribution in [2.75, 3.05) is 31.9 Å². The number of thioether (sulfide) groups is 1. The van der Waals surface area contributed by atoms with Crippen molar-refractivity contribution in [3.63, 3.8) is 0 Å². The molecule has 0 saturated carbocycles. The second kappa shape index (κ2) is 6.96. The van der Waals surface area contributed by atoms with Gasteiger partial charge >= 0.3 is 0 Å². The molecular formula is C15H22N2OS2. The van der Waals surface area contributed by atoms with Crippen LogP contribution in [-0.4, -0.2) is 47.6 Å². The van der Waals surface area contributed by atoms with Crippen molar-refractivity contribution in [3.8, 4) is 0 Å². The van der Waals surface area contributed by atoms with Crippen LogP contribution in [0.3, 0.4) is 0 Å². The van der Waals surface area contributed by atoms with E-state index in [9.17, 15) is 4.79 Å². The van der Waals surface area contributed by atoms with Gasteiger partial charge in [0.1, 0.15) is 5.37 Å². The lowest BCUT2D eigenvalue weighted by atomic mass is 10.2. The summed E-state index contributed by atoms with van der Waals surface area (Å²) >= 11 is 3.54. The second-order valence-electron chi connectivity index (χ2n) is 5.52. The zero-order valence-corrected chi connectivity index (χ0v) is 13.4. The van der Waals surface area contributed by atoms with E-state index in [1.165, 1.54) is 43.8 Å². The molecule has 1 aromatic rings. The van der Waals surface area contributed by atoms with Gasteiger partial charge in [-0.15, -0.1) is 23.1 Å². The first kappa shape index (κ1) is 14.4. The van der Waals surface area contributed by atoms with Gasteiger partial charge in [0.05, 0.1) is 5.75 Å². The van der Waals surface area contributed by atoms with Crippen LogP contribution in [-0.2, 0) is 4.79 Å². The Kier molecular flexibility index (Phi) is 5.02. The first-order valence-corrected chi connectivity index (χ1v) is 9.44. The first-order chi connectivity index (χ1) is 9.84. The largest absolute Gasteiger partial charge is 0.325 e. The molecule has 3 heterocycles. The zero-order chi connectivity index (χ0) is 13.8. The van der Waals surface area contributed by atoms with Crippen LogP contribution in [0.25, 0.3) is 0 Å². The highest BCUT2D eigenvalue weighted by Crippen LogP contribution is 2.40. The minimum absolute atomic E-state index is 0.272. The zero-order valence-electron chi connectivity index (χ0n) is 11.8. The summed E-state index contributed by atoms with van der Waals surface area (Å²) in [4.78, 5) is 18.0. The fourth-order valence-electron chi connectivity index (χ4n) is 2.99. The maximum atomic E-state index is 12.0. The third-order valence-electron chi connectivity index (χ3n) is 4.08. The highest BCUT2D eigenvalue weighted by Gasteiger charge is 2.32. The Morgan fingerprint density at radius 2 is 2.00 bits per heavy atom. The quantitative estimate of drug-likeness (QED) is 0.754. The Labute approximate surface area is 129 Å². The van der Waals surface area contributed by atoms with E-state index in [0.717, 1.165) is 13.0 Å². The van der Waals surface area contributed by atoms with Crippen molar-refractivity contribution >= 4 is 29.0 Å². The van der Waals surface area contributed by atoms with Crippen molar-refractivity contribution in [3.05, 3.63) is 22.4 Å². The van der Waals surface area contributed by atoms with E-state index in [4.69, 9.17) is 0 Å². The molecule has 110 valence electrons. The maximum Gasteiger partial charge on any atom is 0.233 e. The van der Waals surface area contributed by atoms with Crippen LogP contribution < -0.4 is 0 Å². The molecule has 0 bridgehead atoms. The maximum absolute atomic E-state index is 12.0. The Bertz CT molecular complexity index is 429. The molecule has 0 aromatic carbocycles. The molecule has 0 N–H and O–H groups in total. The number of hydrogen-bond acceptors (Lipinski definition) is 4. The van der Waals surface area contributed by atoms with Crippen molar-refractivity contribution in [2.45, 2.75) is 31.1 Å². The van der Waals surface area contributed by atoms with Crippen molar-refractivity contribution in [1.82, 2.24) is 9.80 Å². The number of carbonyl (C=O) groups excluding carboxylic acids is 1. The number of amides is 1. The molecule has 1 unspecified atom stereocenters. The van der Waals surface area contributed by atoms with Crippen LogP contribution in [0, 0.1) is 0 Å². The summed E-state index contributed by atoms with van der Waals surface area (Å²) in [6.07, 6.45) is 5.07. The Balaban J connectivity index is 1.46. The van der Waals surface area contributed by atoms with E-state index in [0.29, 0.717) is 11.7 Å². The van der Waals surface area contributed by atoms with Crippen molar-refractivity contribution in [2.24, 2.45) is 0 Å². The Morgan fingerprint density at radius 1 is 1.20 bits per heavy atom. The molecule has 2 saturated heterocycles. The smallest absolute Gasteiger partial charge is 0.233 e. The number of thiophene rings is 1. The average Bonchev–Trinajstić information content (AvgIpc) is 3.17. The van der Waals surface area contributed by atoms with Crippen LogP contribution in [0.15, 0.2) is 17.5 Å². The second-order valence-corrected chi connectivity index (χ2v) is 7.57. The summed E-state index contributed by atoms with van der Waals surface area (Å²) in [5, 5.41) is 2.37. The van der Waals surface area contributed by atoms with Crippen molar-refractivity contribution < 1.29 is 4.79 Å². The van der Waals surface area contributed by atoms with Gasteiger partial charge in [0.25, 0.3) is 0 Å². The highest BCUT2D eigenvalue weighted by molar-refractivity contribution is 8.00. The summed E-state index contributed by atoms with van der Waals surface area (Å²) < 4.78 is 0. The summed E-state index contributed by atoms with van der Waals surface area (Å²) in [6.45, 7) is 4.67. The molecule has 5 heteroatoms. The monoisotopic (exact) mass is 310 g/mol. The summed E-state index contributed by atoms with van der Waals surface area (Å²) in [5.41, 5.74) is 0. The minimum atomic E-state index is 0.272. The number of nitrogens with zero attached hydrogens (tertiary/aromatic N) is 2. The van der Waals surface area contributed by atoms with E-state index >= 15 is 0 Å². The molecule has 2 aliphatic heterocycles. The van der Waals surface area contributed by atoms with E-state index in [-0.39, 0.29) is 5.37 Å². The molecule has 1 amide bonds. The van der Waals surface area contributed by atoms with Crippen LogP contribution >= 0.6 is 23.1 Å². The summed E-state index contributed by atoms with van der Waals surface area (Å²) in [5.74, 6) is 0.962. The Morgan fingerprint density at radius 3 is 2.75 bits per heavy atom. The number of unbranched alkanes of at least 4 members (excludes halogenated alkanes) is 1. The van der Waals surface area contributed by atoms with Crippen LogP contribution in [0.5, 0.6) is 0 Å². The predicted octanol–water partition coefficient (Wildman–Crippen LogP) is 3.20. The average molecular weight is 310 g/mol. The fraction of sp³-hybridized carbons (Fsp3) is 0.667. The van der Waals surface area contributed by atoms with Crippen LogP contribution in [0.1, 0.15) is 35.9 Å². The molecule has 2 aliphatic rings. The molecule has 2 fully saturated rings. The molecule has 1 aromatic heterocycles. The summed E-state index contributed by atoms with van der Waals surface area (Å²) in [6, 6.07) is 4.23. The van der Waals surface area contributed by atoms with E-state index in [2.05, 4.69) is 27.3 Å². The normalized spacial score (nSPS) is 23.9. The standard InChI is InChI=1S/C15H22N2OS2/c18-14-12-20-15(13-6-5-11-19-13)17(14)10-4-3-9-16-7-1-2-8-16/h5-6,11,15H,1-4,7-10,12H2. The SMILES string of the molecule is O=C1CSC(c2cccs2)N1CCCCN1CCCC1. The molecule has 0 radical (unpaired) electrons. The van der Waals surface area contributed by atoms with Gasteiger partial charge in [0, 0.05) is 11.4 Å². The lowest BCUT2D eigenvalue weighted by Crippen LogP contribution is -2.29. The first-order valence-electron chi connectivity index (χ1n) is 7.51. The van der Waals surface area contributed by atoms with E-state index in [1.807, 2.05) is 0 Å². The van der Waals surface area contributed by atoms with E-state index < -0.39 is 0 Å². The van der Waals surface area contributed by atoms with Crippen molar-refractivity contribution in [1.29, 1.82) is 0 Å². The molecule has 3 nitrogen and oxygen atoms in total. The van der Waals surface area contributed by atoms with Gasteiger partial charge in [0.2, 0.25) is 5.91 Å². The van der Waals surface area contributed by atoms with Gasteiger partial charge in [0.15, 0.2) is 0 Å². The lowest BCUT2D eigenvalue weighted by Gasteiger charge is -2.23. The Hall–Kier alpha value is -0.520. The number of rotatable bonds is 6. The van der Waals surface area contributed by atoms with Gasteiger partial charge in [-0.2, -0.15) is 0 Å². The molecule has 20 heavy (non-hydrogen) atoms. The van der Waals surface area contributed by atoms with Gasteiger partial charge in [-0.05, 0) is 56.8 Å². The van der Waals surface area contributed by atoms with Gasteiger partial charge in [-0.3, -0.25) is 4.79 Å². The third kappa shape index (κ3) is 3.38. The van der Waals surface area contributed by atoms with Crippen LogP contribution in [0.4, 0.5) is 0 Å². The molecule has 3 rings (SSSR count). The number of hydrogen-bond donors (Lipinski definition) is 0. The predicted molar refractivity (Wildman–Crippen MR) is 86.1 cm³/mol. The highest BCUT2D eigenvalue weighted by atomic mass is 32.2. The number of carbonyl (C=O) groups is 1. The molecular weight excluding hydrogens is 288 g/mol. The number of likely N-dealkylation sites (tertiary alicyclic amines) is 1. The van der Waals surface area contributed by atoms with Gasteiger partial charge in [-0.1, -0.05) is 6.07 Å². The molecule has 0 aliphatic carbocycles.